The second-order valence-electron chi connectivity index (χ2n) is 4.58. The second kappa shape index (κ2) is 5.21. The number of rotatable bonds is 2. The molecule has 6 heteroatoms. The standard InChI is InChI=1S/C15H11BrN2O3/c16-10-6-12-13(21-7-14(19)18-12)5-9(10)15(20)8-3-1-2-4-11(8)17/h1-6H,7,17H2,(H,18,19). The number of nitrogen functional groups attached to an aromatic ring is 1. The van der Waals surface area contributed by atoms with E-state index in [1.807, 2.05) is 0 Å². The van der Waals surface area contributed by atoms with Crippen LogP contribution in [0.5, 0.6) is 5.75 Å². The summed E-state index contributed by atoms with van der Waals surface area (Å²) in [6, 6.07) is 10.1. The van der Waals surface area contributed by atoms with Crippen LogP contribution < -0.4 is 15.8 Å². The second-order valence-corrected chi connectivity index (χ2v) is 5.44. The molecule has 0 saturated heterocycles. The van der Waals surface area contributed by atoms with Gasteiger partial charge < -0.3 is 15.8 Å². The third kappa shape index (κ3) is 2.50. The molecule has 0 spiro atoms. The number of para-hydroxylation sites is 1. The molecule has 1 aliphatic rings. The van der Waals surface area contributed by atoms with Crippen molar-refractivity contribution in [2.24, 2.45) is 0 Å². The zero-order valence-corrected chi connectivity index (χ0v) is 12.4. The highest BCUT2D eigenvalue weighted by atomic mass is 79.9. The summed E-state index contributed by atoms with van der Waals surface area (Å²) in [7, 11) is 0. The zero-order chi connectivity index (χ0) is 15.0. The summed E-state index contributed by atoms with van der Waals surface area (Å²) in [5, 5.41) is 2.69. The summed E-state index contributed by atoms with van der Waals surface area (Å²) in [6.45, 7) is -0.0598. The molecule has 1 heterocycles. The maximum absolute atomic E-state index is 12.6. The number of nitrogens with two attached hydrogens (primary N) is 1. The van der Waals surface area contributed by atoms with Gasteiger partial charge >= 0.3 is 0 Å². The van der Waals surface area contributed by atoms with E-state index in [9.17, 15) is 9.59 Å². The number of nitrogens with one attached hydrogen (secondary N) is 1. The van der Waals surface area contributed by atoms with Gasteiger partial charge in [0.2, 0.25) is 0 Å². The molecule has 1 amide bonds. The van der Waals surface area contributed by atoms with E-state index >= 15 is 0 Å². The van der Waals surface area contributed by atoms with Crippen LogP contribution in [0.2, 0.25) is 0 Å². The zero-order valence-electron chi connectivity index (χ0n) is 10.9. The van der Waals surface area contributed by atoms with E-state index < -0.39 is 0 Å². The SMILES string of the molecule is Nc1ccccc1C(=O)c1cc2c(cc1Br)NC(=O)CO2. The smallest absolute Gasteiger partial charge is 0.262 e. The molecule has 106 valence electrons. The van der Waals surface area contributed by atoms with Gasteiger partial charge in [-0.15, -0.1) is 0 Å². The van der Waals surface area contributed by atoms with Crippen molar-refractivity contribution < 1.29 is 14.3 Å². The molecular formula is C15H11BrN2O3. The Bertz CT molecular complexity index is 759. The van der Waals surface area contributed by atoms with Gasteiger partial charge in [-0.1, -0.05) is 12.1 Å². The first-order valence-electron chi connectivity index (χ1n) is 6.21. The van der Waals surface area contributed by atoms with Gasteiger partial charge in [-0.2, -0.15) is 0 Å². The van der Waals surface area contributed by atoms with E-state index in [0.29, 0.717) is 32.7 Å². The van der Waals surface area contributed by atoms with Crippen molar-refractivity contribution >= 4 is 39.0 Å². The number of hydrogen-bond donors (Lipinski definition) is 2. The summed E-state index contributed by atoms with van der Waals surface area (Å²) in [5.41, 5.74) is 7.66. The van der Waals surface area contributed by atoms with Crippen molar-refractivity contribution in [3.63, 3.8) is 0 Å². The van der Waals surface area contributed by atoms with Crippen LogP contribution in [0.3, 0.4) is 0 Å². The third-order valence-corrected chi connectivity index (χ3v) is 3.81. The van der Waals surface area contributed by atoms with Crippen molar-refractivity contribution in [3.8, 4) is 5.75 Å². The minimum atomic E-state index is -0.221. The Kier molecular flexibility index (Phi) is 3.39. The van der Waals surface area contributed by atoms with Gasteiger partial charge in [0.1, 0.15) is 5.75 Å². The molecule has 0 bridgehead atoms. The lowest BCUT2D eigenvalue weighted by Gasteiger charge is -2.19. The highest BCUT2D eigenvalue weighted by molar-refractivity contribution is 9.10. The molecule has 0 unspecified atom stereocenters. The first kappa shape index (κ1) is 13.6. The summed E-state index contributed by atoms with van der Waals surface area (Å²) >= 11 is 3.35. The van der Waals surface area contributed by atoms with Crippen LogP contribution in [0.1, 0.15) is 15.9 Å². The fraction of sp³-hybridized carbons (Fsp3) is 0.0667. The third-order valence-electron chi connectivity index (χ3n) is 3.15. The van der Waals surface area contributed by atoms with Gasteiger partial charge in [-0.05, 0) is 40.2 Å². The van der Waals surface area contributed by atoms with Crippen molar-refractivity contribution in [1.82, 2.24) is 0 Å². The number of ether oxygens (including phenoxy) is 1. The molecule has 3 N–H and O–H groups in total. The van der Waals surface area contributed by atoms with Crippen LogP contribution in [-0.2, 0) is 4.79 Å². The number of halogens is 1. The Morgan fingerprint density at radius 2 is 2.00 bits per heavy atom. The normalized spacial score (nSPS) is 13.1. The Labute approximate surface area is 129 Å². The maximum Gasteiger partial charge on any atom is 0.262 e. The van der Waals surface area contributed by atoms with E-state index in [1.54, 1.807) is 36.4 Å². The fourth-order valence-electron chi connectivity index (χ4n) is 2.12. The lowest BCUT2D eigenvalue weighted by molar-refractivity contribution is -0.118. The van der Waals surface area contributed by atoms with Gasteiger partial charge in [0.15, 0.2) is 12.4 Å². The average molecular weight is 347 g/mol. The molecule has 0 fully saturated rings. The monoisotopic (exact) mass is 346 g/mol. The van der Waals surface area contributed by atoms with Gasteiger partial charge in [0.05, 0.1) is 5.69 Å². The van der Waals surface area contributed by atoms with Crippen molar-refractivity contribution in [3.05, 3.63) is 52.0 Å². The Hall–Kier alpha value is -2.34. The molecule has 2 aromatic rings. The maximum atomic E-state index is 12.6. The number of carbonyl (C=O) groups is 2. The van der Waals surface area contributed by atoms with E-state index in [0.717, 1.165) is 0 Å². The predicted octanol–water partition coefficient (Wildman–Crippen LogP) is 2.59. The van der Waals surface area contributed by atoms with Crippen LogP contribution >= 0.6 is 15.9 Å². The van der Waals surface area contributed by atoms with Crippen molar-refractivity contribution in [2.75, 3.05) is 17.7 Å². The Balaban J connectivity index is 2.05. The number of ketones is 1. The van der Waals surface area contributed by atoms with E-state index in [4.69, 9.17) is 10.5 Å². The van der Waals surface area contributed by atoms with Gasteiger partial charge in [-0.25, -0.2) is 0 Å². The molecule has 0 radical (unpaired) electrons. The molecule has 0 saturated carbocycles. The summed E-state index contributed by atoms with van der Waals surface area (Å²) in [4.78, 5) is 23.9. The summed E-state index contributed by atoms with van der Waals surface area (Å²) in [6.07, 6.45) is 0. The highest BCUT2D eigenvalue weighted by Crippen LogP contribution is 2.35. The Morgan fingerprint density at radius 3 is 2.76 bits per heavy atom. The molecule has 0 aromatic heterocycles. The average Bonchev–Trinajstić information content (AvgIpc) is 2.46. The van der Waals surface area contributed by atoms with E-state index in [-0.39, 0.29) is 18.3 Å². The number of anilines is 2. The molecule has 21 heavy (non-hydrogen) atoms. The van der Waals surface area contributed by atoms with Crippen LogP contribution in [-0.4, -0.2) is 18.3 Å². The lowest BCUT2D eigenvalue weighted by Crippen LogP contribution is -2.25. The minimum Gasteiger partial charge on any atom is -0.482 e. The van der Waals surface area contributed by atoms with E-state index in [1.165, 1.54) is 0 Å². The topological polar surface area (TPSA) is 81.4 Å². The van der Waals surface area contributed by atoms with Crippen molar-refractivity contribution in [1.29, 1.82) is 0 Å². The molecule has 0 atom stereocenters. The fourth-order valence-corrected chi connectivity index (χ4v) is 2.65. The molecular weight excluding hydrogens is 336 g/mol. The molecule has 5 nitrogen and oxygen atoms in total. The van der Waals surface area contributed by atoms with Crippen LogP contribution in [0.15, 0.2) is 40.9 Å². The van der Waals surface area contributed by atoms with Gasteiger partial charge in [0.25, 0.3) is 5.91 Å². The van der Waals surface area contributed by atoms with Gasteiger partial charge in [-0.3, -0.25) is 9.59 Å². The van der Waals surface area contributed by atoms with Crippen LogP contribution in [0.25, 0.3) is 0 Å². The lowest BCUT2D eigenvalue weighted by atomic mass is 10.0. The number of benzene rings is 2. The van der Waals surface area contributed by atoms with Crippen LogP contribution in [0.4, 0.5) is 11.4 Å². The largest absolute Gasteiger partial charge is 0.482 e. The van der Waals surface area contributed by atoms with E-state index in [2.05, 4.69) is 21.2 Å². The van der Waals surface area contributed by atoms with Crippen LogP contribution in [0, 0.1) is 0 Å². The number of fused-ring (bicyclic) bond motifs is 1. The highest BCUT2D eigenvalue weighted by Gasteiger charge is 2.22. The molecule has 3 rings (SSSR count). The number of hydrogen-bond acceptors (Lipinski definition) is 4. The quantitative estimate of drug-likeness (QED) is 0.646. The molecule has 0 aliphatic carbocycles. The Morgan fingerprint density at radius 1 is 1.24 bits per heavy atom. The first-order chi connectivity index (χ1) is 10.1. The first-order valence-corrected chi connectivity index (χ1v) is 7.01. The summed E-state index contributed by atoms with van der Waals surface area (Å²) < 4.78 is 5.90. The molecule has 1 aliphatic heterocycles. The van der Waals surface area contributed by atoms with Gasteiger partial charge in [0, 0.05) is 21.3 Å². The number of carbonyl (C=O) groups excluding carboxylic acids is 2. The molecule has 2 aromatic carbocycles. The predicted molar refractivity (Wildman–Crippen MR) is 82.6 cm³/mol. The summed E-state index contributed by atoms with van der Waals surface area (Å²) in [5.74, 6) is 0.0414. The number of amides is 1. The van der Waals surface area contributed by atoms with Crippen molar-refractivity contribution in [2.45, 2.75) is 0 Å². The minimum absolute atomic E-state index is 0.0598.